The van der Waals surface area contributed by atoms with Gasteiger partial charge in [0.2, 0.25) is 5.91 Å². The fraction of sp³-hybridized carbons (Fsp3) is 0.542. The minimum absolute atomic E-state index is 0.0432. The molecule has 3 rings (SSSR count). The standard InChI is InChI=1S/C24H33N3O3S/c1-14-21(31-13-27-14)16-7-5-15(6-8-16)12-26-23(30)19-11-18(28)9-17(19)10-20(29)22(25)24(2,3)4/h5-8,13,17-19,22,28H,9-12,25H2,1-4H3,(H,26,30)/t17?,18?,19?,22-/m1/s1. The molecule has 1 aromatic carbocycles. The molecule has 1 saturated carbocycles. The largest absolute Gasteiger partial charge is 0.393 e. The fourth-order valence-corrected chi connectivity index (χ4v) is 5.00. The molecular weight excluding hydrogens is 410 g/mol. The molecular formula is C24H33N3O3S. The number of aryl methyl sites for hydroxylation is 1. The van der Waals surface area contributed by atoms with Gasteiger partial charge in [0.25, 0.3) is 0 Å². The lowest BCUT2D eigenvalue weighted by atomic mass is 9.80. The summed E-state index contributed by atoms with van der Waals surface area (Å²) >= 11 is 1.61. The van der Waals surface area contributed by atoms with Gasteiger partial charge in [-0.3, -0.25) is 9.59 Å². The molecule has 1 aromatic heterocycles. The normalized spacial score (nSPS) is 22.3. The predicted octanol–water partition coefficient (Wildman–Crippen LogP) is 3.45. The number of Topliss-reactive ketones (excluding diaryl/α,β-unsaturated/α-hetero) is 1. The van der Waals surface area contributed by atoms with Crippen molar-refractivity contribution < 1.29 is 14.7 Å². The van der Waals surface area contributed by atoms with E-state index in [0.29, 0.717) is 19.4 Å². The summed E-state index contributed by atoms with van der Waals surface area (Å²) in [6, 6.07) is 7.51. The zero-order valence-corrected chi connectivity index (χ0v) is 19.5. The number of carbonyl (C=O) groups is 2. The van der Waals surface area contributed by atoms with Crippen molar-refractivity contribution in [3.8, 4) is 10.4 Å². The molecule has 4 N–H and O–H groups in total. The maximum atomic E-state index is 12.8. The van der Waals surface area contributed by atoms with E-state index in [2.05, 4.69) is 10.3 Å². The van der Waals surface area contributed by atoms with Crippen LogP contribution in [-0.4, -0.2) is 33.9 Å². The summed E-state index contributed by atoms with van der Waals surface area (Å²) in [5.74, 6) is -0.697. The van der Waals surface area contributed by atoms with E-state index < -0.39 is 12.1 Å². The molecule has 168 valence electrons. The second-order valence-corrected chi connectivity index (χ2v) is 10.5. The van der Waals surface area contributed by atoms with E-state index in [1.54, 1.807) is 11.3 Å². The summed E-state index contributed by atoms with van der Waals surface area (Å²) in [7, 11) is 0. The maximum absolute atomic E-state index is 12.8. The summed E-state index contributed by atoms with van der Waals surface area (Å²) in [6.45, 7) is 8.21. The van der Waals surface area contributed by atoms with Crippen LogP contribution in [0.25, 0.3) is 10.4 Å². The summed E-state index contributed by atoms with van der Waals surface area (Å²) in [5, 5.41) is 13.1. The molecule has 6 nitrogen and oxygen atoms in total. The highest BCUT2D eigenvalue weighted by molar-refractivity contribution is 7.13. The van der Waals surface area contributed by atoms with Crippen LogP contribution in [-0.2, 0) is 16.1 Å². The van der Waals surface area contributed by atoms with Crippen LogP contribution in [0.4, 0.5) is 0 Å². The molecule has 0 aliphatic heterocycles. The molecule has 1 aliphatic rings. The van der Waals surface area contributed by atoms with Crippen molar-refractivity contribution in [2.24, 2.45) is 23.0 Å². The molecule has 1 fully saturated rings. The molecule has 1 amide bonds. The van der Waals surface area contributed by atoms with Gasteiger partial charge < -0.3 is 16.2 Å². The Bertz CT molecular complexity index is 917. The third kappa shape index (κ3) is 5.79. The summed E-state index contributed by atoms with van der Waals surface area (Å²) in [5.41, 5.74) is 10.7. The highest BCUT2D eigenvalue weighted by atomic mass is 32.1. The third-order valence-corrected chi connectivity index (χ3v) is 7.16. The first-order valence-corrected chi connectivity index (χ1v) is 11.7. The molecule has 31 heavy (non-hydrogen) atoms. The second kappa shape index (κ2) is 9.59. The number of amides is 1. The van der Waals surface area contributed by atoms with Crippen molar-refractivity contribution >= 4 is 23.0 Å². The average Bonchev–Trinajstić information content (AvgIpc) is 3.30. The van der Waals surface area contributed by atoms with E-state index in [4.69, 9.17) is 5.73 Å². The van der Waals surface area contributed by atoms with E-state index >= 15 is 0 Å². The fourth-order valence-electron chi connectivity index (χ4n) is 4.18. The zero-order valence-electron chi connectivity index (χ0n) is 18.7. The van der Waals surface area contributed by atoms with Crippen molar-refractivity contribution in [3.05, 3.63) is 41.0 Å². The van der Waals surface area contributed by atoms with Crippen molar-refractivity contribution in [2.45, 2.75) is 65.6 Å². The van der Waals surface area contributed by atoms with E-state index in [9.17, 15) is 14.7 Å². The number of nitrogens with one attached hydrogen (secondary N) is 1. The van der Waals surface area contributed by atoms with Crippen LogP contribution in [0.1, 0.15) is 51.3 Å². The number of aromatic nitrogens is 1. The van der Waals surface area contributed by atoms with Crippen molar-refractivity contribution in [2.75, 3.05) is 0 Å². The van der Waals surface area contributed by atoms with Crippen LogP contribution in [0, 0.1) is 24.2 Å². The lowest BCUT2D eigenvalue weighted by molar-refractivity contribution is -0.128. The minimum Gasteiger partial charge on any atom is -0.393 e. The van der Waals surface area contributed by atoms with Gasteiger partial charge in [-0.05, 0) is 42.2 Å². The Morgan fingerprint density at radius 1 is 1.26 bits per heavy atom. The van der Waals surface area contributed by atoms with Crippen molar-refractivity contribution in [1.82, 2.24) is 10.3 Å². The number of hydrogen-bond donors (Lipinski definition) is 3. The highest BCUT2D eigenvalue weighted by Crippen LogP contribution is 2.36. The minimum atomic E-state index is -0.574. The molecule has 7 heteroatoms. The van der Waals surface area contributed by atoms with E-state index in [1.807, 2.05) is 57.5 Å². The number of nitrogens with two attached hydrogens (primary N) is 1. The van der Waals surface area contributed by atoms with Gasteiger partial charge in [0, 0.05) is 18.9 Å². The Morgan fingerprint density at radius 3 is 2.52 bits per heavy atom. The highest BCUT2D eigenvalue weighted by Gasteiger charge is 2.40. The van der Waals surface area contributed by atoms with Gasteiger partial charge >= 0.3 is 0 Å². The number of rotatable bonds is 7. The van der Waals surface area contributed by atoms with Crippen LogP contribution < -0.4 is 11.1 Å². The van der Waals surface area contributed by atoms with E-state index in [1.165, 1.54) is 0 Å². The first-order valence-electron chi connectivity index (χ1n) is 10.8. The lowest BCUT2D eigenvalue weighted by Crippen LogP contribution is -2.43. The van der Waals surface area contributed by atoms with Gasteiger partial charge in [0.1, 0.15) is 5.78 Å². The molecule has 0 bridgehead atoms. The van der Waals surface area contributed by atoms with E-state index in [0.717, 1.165) is 21.7 Å². The smallest absolute Gasteiger partial charge is 0.223 e. The number of thiazole rings is 1. The van der Waals surface area contributed by atoms with Crippen LogP contribution in [0.2, 0.25) is 0 Å². The number of carbonyl (C=O) groups excluding carboxylic acids is 2. The first-order chi connectivity index (χ1) is 14.6. The number of aliphatic hydroxyl groups excluding tert-OH is 1. The summed E-state index contributed by atoms with van der Waals surface area (Å²) in [4.78, 5) is 30.9. The number of hydrogen-bond acceptors (Lipinski definition) is 6. The molecule has 3 unspecified atom stereocenters. The predicted molar refractivity (Wildman–Crippen MR) is 123 cm³/mol. The lowest BCUT2D eigenvalue weighted by Gasteiger charge is -2.27. The first kappa shape index (κ1) is 23.6. The molecule has 0 spiro atoms. The Kier molecular flexibility index (Phi) is 7.29. The maximum Gasteiger partial charge on any atom is 0.223 e. The molecule has 1 aliphatic carbocycles. The van der Waals surface area contributed by atoms with Crippen LogP contribution in [0.3, 0.4) is 0 Å². The Balaban J connectivity index is 1.58. The van der Waals surface area contributed by atoms with Gasteiger partial charge in [0.15, 0.2) is 0 Å². The van der Waals surface area contributed by atoms with Crippen LogP contribution in [0.5, 0.6) is 0 Å². The van der Waals surface area contributed by atoms with Gasteiger partial charge in [-0.15, -0.1) is 11.3 Å². The van der Waals surface area contributed by atoms with Crippen LogP contribution in [0.15, 0.2) is 29.8 Å². The molecule has 0 saturated heterocycles. The van der Waals surface area contributed by atoms with Gasteiger partial charge in [0.05, 0.1) is 28.2 Å². The van der Waals surface area contributed by atoms with Gasteiger partial charge in [-0.1, -0.05) is 45.0 Å². The SMILES string of the molecule is Cc1ncsc1-c1ccc(CNC(=O)C2CC(O)CC2CC(=O)[C@@H](N)C(C)(C)C)cc1. The Morgan fingerprint density at radius 2 is 1.94 bits per heavy atom. The van der Waals surface area contributed by atoms with Gasteiger partial charge in [-0.2, -0.15) is 0 Å². The molecule has 2 aromatic rings. The molecule has 4 atom stereocenters. The molecule has 0 radical (unpaired) electrons. The third-order valence-electron chi connectivity index (χ3n) is 6.18. The van der Waals surface area contributed by atoms with Gasteiger partial charge in [-0.25, -0.2) is 4.98 Å². The summed E-state index contributed by atoms with van der Waals surface area (Å²) in [6.07, 6.45) is 0.527. The summed E-state index contributed by atoms with van der Waals surface area (Å²) < 4.78 is 0. The van der Waals surface area contributed by atoms with Crippen molar-refractivity contribution in [1.29, 1.82) is 0 Å². The quantitative estimate of drug-likeness (QED) is 0.608. The van der Waals surface area contributed by atoms with Crippen LogP contribution >= 0.6 is 11.3 Å². The Labute approximate surface area is 188 Å². The Hall–Kier alpha value is -2.09. The van der Waals surface area contributed by atoms with Crippen molar-refractivity contribution in [3.63, 3.8) is 0 Å². The zero-order chi connectivity index (χ0) is 22.8. The number of benzene rings is 1. The number of ketones is 1. The monoisotopic (exact) mass is 443 g/mol. The average molecular weight is 444 g/mol. The topological polar surface area (TPSA) is 105 Å². The molecule has 1 heterocycles. The number of aliphatic hydroxyl groups is 1. The van der Waals surface area contributed by atoms with E-state index in [-0.39, 0.29) is 35.4 Å². The number of nitrogens with zero attached hydrogens (tertiary/aromatic N) is 1. The second-order valence-electron chi connectivity index (χ2n) is 9.69.